The van der Waals surface area contributed by atoms with E-state index in [1.807, 2.05) is 6.08 Å². The van der Waals surface area contributed by atoms with Crippen molar-refractivity contribution in [2.24, 2.45) is 0 Å². The number of unbranched alkanes of at least 4 members (excludes halogenated alkanes) is 13. The quantitative estimate of drug-likeness (QED) is 0.176. The molecule has 0 aliphatic rings. The molecule has 0 bridgehead atoms. The Labute approximate surface area is 151 Å². The van der Waals surface area contributed by atoms with Crippen LogP contribution in [0, 0.1) is 0 Å². The lowest BCUT2D eigenvalue weighted by atomic mass is 10.0. The van der Waals surface area contributed by atoms with Crippen molar-refractivity contribution in [3.63, 3.8) is 0 Å². The summed E-state index contributed by atoms with van der Waals surface area (Å²) in [6.07, 6.45) is 28.4. The van der Waals surface area contributed by atoms with Gasteiger partial charge in [0.1, 0.15) is 18.9 Å². The number of aryl methyl sites for hydroxylation is 1. The number of hydrogen-bond donors (Lipinski definition) is 0. The smallest absolute Gasteiger partial charge is 0.237 e. The zero-order valence-electron chi connectivity index (χ0n) is 16.2. The molecule has 24 heavy (non-hydrogen) atoms. The normalized spacial score (nSPS) is 11.0. The van der Waals surface area contributed by atoms with E-state index < -0.39 is 0 Å². The highest BCUT2D eigenvalue weighted by atomic mass is 15.1. The second kappa shape index (κ2) is 15.5. The van der Waals surface area contributed by atoms with Gasteiger partial charge in [0.25, 0.3) is 0 Å². The summed E-state index contributed by atoms with van der Waals surface area (Å²) in [6.45, 7) is 8.13. The molecule has 0 atom stereocenters. The van der Waals surface area contributed by atoms with Crippen LogP contribution in [0.2, 0.25) is 0 Å². The van der Waals surface area contributed by atoms with E-state index in [1.54, 1.807) is 0 Å². The first-order valence-corrected chi connectivity index (χ1v) is 10.5. The Kier molecular flexibility index (Phi) is 13.5. The van der Waals surface area contributed by atoms with Gasteiger partial charge >= 0.3 is 0 Å². The summed E-state index contributed by atoms with van der Waals surface area (Å²) in [4.78, 5) is 0. The van der Waals surface area contributed by atoms with Crippen LogP contribution in [0.25, 0.3) is 0 Å². The summed E-state index contributed by atoms with van der Waals surface area (Å²) in [6, 6.07) is 0. The number of allylic oxidation sites excluding steroid dienone is 1. The summed E-state index contributed by atoms with van der Waals surface area (Å²) >= 11 is 0. The topological polar surface area (TPSA) is 8.81 Å². The molecule has 1 heterocycles. The molecule has 0 amide bonds. The van der Waals surface area contributed by atoms with Crippen molar-refractivity contribution in [1.82, 2.24) is 4.57 Å². The van der Waals surface area contributed by atoms with Crippen LogP contribution in [-0.2, 0) is 13.1 Å². The molecular formula is C22H41N2+. The average Bonchev–Trinajstić information content (AvgIpc) is 3.03. The lowest BCUT2D eigenvalue weighted by Crippen LogP contribution is -2.29. The van der Waals surface area contributed by atoms with Gasteiger partial charge in [-0.2, -0.15) is 0 Å². The van der Waals surface area contributed by atoms with Crippen molar-refractivity contribution < 1.29 is 4.57 Å². The molecule has 138 valence electrons. The molecule has 0 aliphatic heterocycles. The third-order valence-electron chi connectivity index (χ3n) is 4.86. The predicted molar refractivity (Wildman–Crippen MR) is 105 cm³/mol. The highest BCUT2D eigenvalue weighted by molar-refractivity contribution is 4.68. The van der Waals surface area contributed by atoms with Gasteiger partial charge in [0.15, 0.2) is 0 Å². The van der Waals surface area contributed by atoms with Crippen LogP contribution in [0.15, 0.2) is 31.4 Å². The largest absolute Gasteiger partial charge is 0.244 e. The fourth-order valence-corrected chi connectivity index (χ4v) is 3.32. The second-order valence-electron chi connectivity index (χ2n) is 7.23. The van der Waals surface area contributed by atoms with Crippen LogP contribution >= 0.6 is 0 Å². The van der Waals surface area contributed by atoms with Crippen molar-refractivity contribution in [3.05, 3.63) is 31.4 Å². The third kappa shape index (κ3) is 11.5. The molecule has 0 aliphatic carbocycles. The highest BCUT2D eigenvalue weighted by Gasteiger charge is 2.01. The lowest BCUT2D eigenvalue weighted by Gasteiger charge is -2.03. The van der Waals surface area contributed by atoms with Crippen LogP contribution in [-0.4, -0.2) is 4.57 Å². The number of aromatic nitrogens is 2. The summed E-state index contributed by atoms with van der Waals surface area (Å²) in [5.74, 6) is 0. The molecule has 2 heteroatoms. The van der Waals surface area contributed by atoms with E-state index in [9.17, 15) is 0 Å². The van der Waals surface area contributed by atoms with Gasteiger partial charge in [-0.15, -0.1) is 0 Å². The maximum absolute atomic E-state index is 3.78. The maximum atomic E-state index is 3.78. The molecule has 2 nitrogen and oxygen atoms in total. The minimum Gasteiger partial charge on any atom is -0.237 e. The first-order chi connectivity index (χ1) is 11.9. The van der Waals surface area contributed by atoms with Crippen LogP contribution < -0.4 is 4.57 Å². The fourth-order valence-electron chi connectivity index (χ4n) is 3.32. The van der Waals surface area contributed by atoms with Gasteiger partial charge in [0, 0.05) is 0 Å². The molecule has 1 aromatic rings. The van der Waals surface area contributed by atoms with Crippen molar-refractivity contribution >= 4 is 0 Å². The zero-order chi connectivity index (χ0) is 17.3. The first-order valence-electron chi connectivity index (χ1n) is 10.5. The number of hydrogen-bond acceptors (Lipinski definition) is 0. The molecular weight excluding hydrogens is 292 g/mol. The number of imidazole rings is 1. The minimum atomic E-state index is 0.908. The van der Waals surface area contributed by atoms with Crippen molar-refractivity contribution in [2.45, 2.75) is 110 Å². The summed E-state index contributed by atoms with van der Waals surface area (Å²) in [5.41, 5.74) is 0. The summed E-state index contributed by atoms with van der Waals surface area (Å²) in [5, 5.41) is 0. The molecule has 0 saturated heterocycles. The van der Waals surface area contributed by atoms with Gasteiger partial charge in [0.2, 0.25) is 6.33 Å². The standard InChI is InChI=1S/C22H41N2/c1-3-5-6-7-8-9-10-11-12-13-14-15-16-17-19-24-21-20-23(22-24)18-4-2/h4,20-22H,2-3,5-19H2,1H3/q+1. The molecule has 0 fully saturated rings. The monoisotopic (exact) mass is 333 g/mol. The summed E-state index contributed by atoms with van der Waals surface area (Å²) in [7, 11) is 0. The first kappa shape index (κ1) is 21.0. The van der Waals surface area contributed by atoms with Crippen LogP contribution in [0.1, 0.15) is 96.8 Å². The fraction of sp³-hybridized carbons (Fsp3) is 0.773. The number of rotatable bonds is 17. The average molecular weight is 334 g/mol. The SMILES string of the molecule is C=CC[n+]1ccn(CCCCCCCCCCCCCCCC)c1. The second-order valence-corrected chi connectivity index (χ2v) is 7.23. The van der Waals surface area contributed by atoms with E-state index in [2.05, 4.69) is 41.4 Å². The van der Waals surface area contributed by atoms with Crippen LogP contribution in [0.4, 0.5) is 0 Å². The Morgan fingerprint density at radius 3 is 1.79 bits per heavy atom. The molecule has 0 saturated carbocycles. The molecule has 0 N–H and O–H groups in total. The Bertz CT molecular complexity index is 394. The van der Waals surface area contributed by atoms with Gasteiger partial charge in [-0.3, -0.25) is 0 Å². The van der Waals surface area contributed by atoms with E-state index in [-0.39, 0.29) is 0 Å². The van der Waals surface area contributed by atoms with E-state index in [4.69, 9.17) is 0 Å². The van der Waals surface area contributed by atoms with E-state index in [0.717, 1.165) is 13.1 Å². The van der Waals surface area contributed by atoms with E-state index >= 15 is 0 Å². The third-order valence-corrected chi connectivity index (χ3v) is 4.86. The molecule has 0 radical (unpaired) electrons. The van der Waals surface area contributed by atoms with Gasteiger partial charge in [0.05, 0.1) is 6.54 Å². The van der Waals surface area contributed by atoms with E-state index in [1.165, 1.54) is 89.9 Å². The molecule has 0 aromatic carbocycles. The van der Waals surface area contributed by atoms with Crippen LogP contribution in [0.3, 0.4) is 0 Å². The minimum absolute atomic E-state index is 0.908. The van der Waals surface area contributed by atoms with Crippen molar-refractivity contribution in [3.8, 4) is 0 Å². The molecule has 1 rings (SSSR count). The number of nitrogens with zero attached hydrogens (tertiary/aromatic N) is 2. The molecule has 0 unspecified atom stereocenters. The molecule has 0 spiro atoms. The Hall–Kier alpha value is -1.05. The van der Waals surface area contributed by atoms with Crippen molar-refractivity contribution in [1.29, 1.82) is 0 Å². The lowest BCUT2D eigenvalue weighted by molar-refractivity contribution is -0.686. The zero-order valence-corrected chi connectivity index (χ0v) is 16.2. The molecule has 1 aromatic heterocycles. The van der Waals surface area contributed by atoms with E-state index in [0.29, 0.717) is 0 Å². The maximum Gasteiger partial charge on any atom is 0.244 e. The highest BCUT2D eigenvalue weighted by Crippen LogP contribution is 2.13. The predicted octanol–water partition coefficient (Wildman–Crippen LogP) is 6.44. The summed E-state index contributed by atoms with van der Waals surface area (Å²) < 4.78 is 4.47. The Morgan fingerprint density at radius 1 is 0.792 bits per heavy atom. The van der Waals surface area contributed by atoms with Gasteiger partial charge in [-0.1, -0.05) is 96.6 Å². The Morgan fingerprint density at radius 2 is 1.29 bits per heavy atom. The van der Waals surface area contributed by atoms with Gasteiger partial charge in [-0.25, -0.2) is 9.13 Å². The van der Waals surface area contributed by atoms with Gasteiger partial charge < -0.3 is 0 Å². The van der Waals surface area contributed by atoms with Crippen LogP contribution in [0.5, 0.6) is 0 Å². The van der Waals surface area contributed by atoms with Gasteiger partial charge in [-0.05, 0) is 12.8 Å². The van der Waals surface area contributed by atoms with Crippen molar-refractivity contribution in [2.75, 3.05) is 0 Å². The Balaban J connectivity index is 1.79.